The van der Waals surface area contributed by atoms with Crippen LogP contribution in [0.4, 0.5) is 10.3 Å². The van der Waals surface area contributed by atoms with Crippen molar-refractivity contribution in [1.29, 1.82) is 0 Å². The third-order valence-electron chi connectivity index (χ3n) is 3.02. The molecule has 0 saturated carbocycles. The first-order valence-electron chi connectivity index (χ1n) is 6.60. The van der Waals surface area contributed by atoms with E-state index in [1.807, 2.05) is 25.3 Å². The molecule has 0 unspecified atom stereocenters. The van der Waals surface area contributed by atoms with Crippen LogP contribution in [0, 0.1) is 12.7 Å². The Labute approximate surface area is 113 Å². The van der Waals surface area contributed by atoms with Crippen LogP contribution < -0.4 is 5.32 Å². The molecule has 1 heterocycles. The minimum absolute atomic E-state index is 0.192. The molecule has 0 spiro atoms. The first kappa shape index (κ1) is 13.6. The molecule has 0 saturated heterocycles. The molecule has 2 rings (SSSR count). The molecular weight excluding hydrogens is 241 g/mol. The number of aromatic nitrogens is 2. The average molecular weight is 261 g/mol. The summed E-state index contributed by atoms with van der Waals surface area (Å²) in [6.45, 7) is 7.04. The zero-order chi connectivity index (χ0) is 13.8. The molecule has 0 aliphatic heterocycles. The van der Waals surface area contributed by atoms with Crippen molar-refractivity contribution in [3.8, 4) is 0 Å². The largest absolute Gasteiger partial charge is 0.355 e. The van der Waals surface area contributed by atoms with Gasteiger partial charge in [0.25, 0.3) is 0 Å². The summed E-state index contributed by atoms with van der Waals surface area (Å²) < 4.78 is 14.9. The maximum Gasteiger partial charge on any atom is 0.203 e. The van der Waals surface area contributed by atoms with E-state index in [4.69, 9.17) is 0 Å². The third-order valence-corrected chi connectivity index (χ3v) is 3.02. The van der Waals surface area contributed by atoms with Crippen LogP contribution in [0.1, 0.15) is 31.1 Å². The summed E-state index contributed by atoms with van der Waals surface area (Å²) in [5.74, 6) is 0.706. The number of nitrogens with zero attached hydrogens (tertiary/aromatic N) is 2. The highest BCUT2D eigenvalue weighted by atomic mass is 19.1. The van der Waals surface area contributed by atoms with Crippen LogP contribution in [0.15, 0.2) is 30.5 Å². The smallest absolute Gasteiger partial charge is 0.203 e. The van der Waals surface area contributed by atoms with Crippen molar-refractivity contribution >= 4 is 5.95 Å². The lowest BCUT2D eigenvalue weighted by atomic mass is 10.1. The summed E-state index contributed by atoms with van der Waals surface area (Å²) in [5.41, 5.74) is 2.13. The lowest BCUT2D eigenvalue weighted by molar-refractivity contribution is 0.604. The fourth-order valence-corrected chi connectivity index (χ4v) is 2.01. The quantitative estimate of drug-likeness (QED) is 0.891. The second-order valence-electron chi connectivity index (χ2n) is 5.01. The number of halogens is 1. The Bertz CT molecular complexity index is 529. The number of nitrogens with one attached hydrogen (secondary N) is 1. The van der Waals surface area contributed by atoms with Gasteiger partial charge in [0, 0.05) is 18.8 Å². The number of anilines is 1. The van der Waals surface area contributed by atoms with Gasteiger partial charge >= 0.3 is 0 Å². The van der Waals surface area contributed by atoms with Crippen LogP contribution in [0.25, 0.3) is 0 Å². The van der Waals surface area contributed by atoms with Crippen LogP contribution in [-0.4, -0.2) is 16.1 Å². The summed E-state index contributed by atoms with van der Waals surface area (Å²) in [6, 6.07) is 7.01. The summed E-state index contributed by atoms with van der Waals surface area (Å²) in [5, 5.41) is 3.34. The van der Waals surface area contributed by atoms with Gasteiger partial charge in [-0.3, -0.25) is 0 Å². The van der Waals surface area contributed by atoms with E-state index in [-0.39, 0.29) is 5.82 Å². The molecular formula is C15H20FN3. The van der Waals surface area contributed by atoms with Gasteiger partial charge in [-0.25, -0.2) is 9.37 Å². The van der Waals surface area contributed by atoms with Crippen molar-refractivity contribution in [3.63, 3.8) is 0 Å². The molecule has 0 bridgehead atoms. The molecule has 3 nitrogen and oxygen atoms in total. The summed E-state index contributed by atoms with van der Waals surface area (Å²) in [4.78, 5) is 4.47. The second-order valence-corrected chi connectivity index (χ2v) is 5.01. The Morgan fingerprint density at radius 2 is 1.95 bits per heavy atom. The number of imidazole rings is 1. The standard InChI is InChI=1S/C15H20FN3/c1-11(2)19-10-12(3)18-15(19)17-9-8-13-4-6-14(16)7-5-13/h4-7,10-11H,8-9H2,1-3H3,(H,17,18). The van der Waals surface area contributed by atoms with E-state index in [2.05, 4.69) is 28.7 Å². The first-order chi connectivity index (χ1) is 9.06. The summed E-state index contributed by atoms with van der Waals surface area (Å²) in [6.07, 6.45) is 2.90. The fraction of sp³-hybridized carbons (Fsp3) is 0.400. The van der Waals surface area contributed by atoms with E-state index in [0.717, 1.165) is 30.2 Å². The van der Waals surface area contributed by atoms with Crippen molar-refractivity contribution in [2.24, 2.45) is 0 Å². The Hall–Kier alpha value is -1.84. The Kier molecular flexibility index (Phi) is 4.20. The normalized spacial score (nSPS) is 11.0. The van der Waals surface area contributed by atoms with E-state index in [1.54, 1.807) is 0 Å². The van der Waals surface area contributed by atoms with Gasteiger partial charge in [0.1, 0.15) is 5.82 Å². The van der Waals surface area contributed by atoms with Crippen LogP contribution in [-0.2, 0) is 6.42 Å². The zero-order valence-corrected chi connectivity index (χ0v) is 11.7. The van der Waals surface area contributed by atoms with Gasteiger partial charge in [0.2, 0.25) is 5.95 Å². The lowest BCUT2D eigenvalue weighted by Gasteiger charge is -2.12. The average Bonchev–Trinajstić information content (AvgIpc) is 2.73. The molecule has 102 valence electrons. The van der Waals surface area contributed by atoms with Crippen molar-refractivity contribution in [2.45, 2.75) is 33.2 Å². The first-order valence-corrected chi connectivity index (χ1v) is 6.60. The highest BCUT2D eigenvalue weighted by Crippen LogP contribution is 2.15. The summed E-state index contributed by atoms with van der Waals surface area (Å²) in [7, 11) is 0. The van der Waals surface area contributed by atoms with Crippen LogP contribution in [0.5, 0.6) is 0 Å². The highest BCUT2D eigenvalue weighted by Gasteiger charge is 2.07. The van der Waals surface area contributed by atoms with E-state index in [9.17, 15) is 4.39 Å². The van der Waals surface area contributed by atoms with E-state index in [0.29, 0.717) is 6.04 Å². The Morgan fingerprint density at radius 3 is 2.58 bits per heavy atom. The molecule has 0 fully saturated rings. The molecule has 0 aliphatic rings. The number of aryl methyl sites for hydroxylation is 1. The molecule has 2 aromatic rings. The number of hydrogen-bond acceptors (Lipinski definition) is 2. The van der Waals surface area contributed by atoms with Crippen molar-refractivity contribution in [2.75, 3.05) is 11.9 Å². The van der Waals surface area contributed by atoms with Gasteiger partial charge < -0.3 is 9.88 Å². The molecule has 19 heavy (non-hydrogen) atoms. The fourth-order valence-electron chi connectivity index (χ4n) is 2.01. The molecule has 1 N–H and O–H groups in total. The van der Waals surface area contributed by atoms with E-state index >= 15 is 0 Å². The maximum atomic E-state index is 12.8. The molecule has 0 radical (unpaired) electrons. The van der Waals surface area contributed by atoms with Gasteiger partial charge in [-0.1, -0.05) is 12.1 Å². The molecule has 4 heteroatoms. The third kappa shape index (κ3) is 3.56. The van der Waals surface area contributed by atoms with Gasteiger partial charge in [0.15, 0.2) is 0 Å². The van der Waals surface area contributed by atoms with E-state index < -0.39 is 0 Å². The minimum Gasteiger partial charge on any atom is -0.355 e. The lowest BCUT2D eigenvalue weighted by Crippen LogP contribution is -2.11. The molecule has 1 aromatic carbocycles. The van der Waals surface area contributed by atoms with Crippen molar-refractivity contribution in [3.05, 3.63) is 47.5 Å². The Balaban J connectivity index is 1.94. The number of benzene rings is 1. The minimum atomic E-state index is -0.192. The second kappa shape index (κ2) is 5.87. The topological polar surface area (TPSA) is 29.9 Å². The van der Waals surface area contributed by atoms with Crippen LogP contribution in [0.2, 0.25) is 0 Å². The highest BCUT2D eigenvalue weighted by molar-refractivity contribution is 5.30. The van der Waals surface area contributed by atoms with Crippen molar-refractivity contribution < 1.29 is 4.39 Å². The number of hydrogen-bond donors (Lipinski definition) is 1. The van der Waals surface area contributed by atoms with Gasteiger partial charge in [-0.2, -0.15) is 0 Å². The Morgan fingerprint density at radius 1 is 1.26 bits per heavy atom. The predicted octanol–water partition coefficient (Wildman–Crippen LogP) is 3.57. The van der Waals surface area contributed by atoms with Gasteiger partial charge in [-0.05, 0) is 44.9 Å². The van der Waals surface area contributed by atoms with Crippen LogP contribution in [0.3, 0.4) is 0 Å². The van der Waals surface area contributed by atoms with Crippen LogP contribution >= 0.6 is 0 Å². The number of rotatable bonds is 5. The molecule has 1 aromatic heterocycles. The summed E-state index contributed by atoms with van der Waals surface area (Å²) >= 11 is 0. The maximum absolute atomic E-state index is 12.8. The van der Waals surface area contributed by atoms with Gasteiger partial charge in [0.05, 0.1) is 5.69 Å². The van der Waals surface area contributed by atoms with Crippen molar-refractivity contribution in [1.82, 2.24) is 9.55 Å². The predicted molar refractivity (Wildman–Crippen MR) is 75.9 cm³/mol. The van der Waals surface area contributed by atoms with E-state index in [1.165, 1.54) is 12.1 Å². The molecule has 0 atom stereocenters. The van der Waals surface area contributed by atoms with Gasteiger partial charge in [-0.15, -0.1) is 0 Å². The molecule has 0 amide bonds. The SMILES string of the molecule is Cc1cn(C(C)C)c(NCCc2ccc(F)cc2)n1. The molecule has 0 aliphatic carbocycles. The zero-order valence-electron chi connectivity index (χ0n) is 11.7. The monoisotopic (exact) mass is 261 g/mol.